The Morgan fingerprint density at radius 2 is 1.69 bits per heavy atom. The molecule has 5 rings (SSSR count). The fraction of sp³-hybridized carbons (Fsp3) is 0.280. The van der Waals surface area contributed by atoms with Crippen molar-refractivity contribution in [2.24, 2.45) is 0 Å². The van der Waals surface area contributed by atoms with Crippen LogP contribution in [0.1, 0.15) is 32.8 Å². The second-order valence-corrected chi connectivity index (χ2v) is 9.21. The number of anilines is 1. The van der Waals surface area contributed by atoms with Crippen molar-refractivity contribution in [1.82, 2.24) is 9.80 Å². The van der Waals surface area contributed by atoms with Crippen molar-refractivity contribution < 1.29 is 14.0 Å². The zero-order valence-electron chi connectivity index (χ0n) is 17.8. The first-order chi connectivity index (χ1) is 15.5. The average molecular weight is 450 g/mol. The molecule has 1 aromatic heterocycles. The number of thiophene rings is 1. The van der Waals surface area contributed by atoms with E-state index in [2.05, 4.69) is 4.90 Å². The summed E-state index contributed by atoms with van der Waals surface area (Å²) in [6.45, 7) is 2.54. The number of carbonyl (C=O) groups is 2. The third kappa shape index (κ3) is 3.56. The second-order valence-electron chi connectivity index (χ2n) is 8.23. The maximum absolute atomic E-state index is 13.9. The molecule has 1 saturated heterocycles. The standard InChI is InChI=1S/C25H24FN3O2S/c1-27-23(21-7-4-16-32-21)22(19-5-2-3-6-20(19)24(27)30)25(31)29-14-12-28(13-15-29)18-10-8-17(26)9-11-18/h2-11,16,22-23H,12-15H2,1H3/t22-,23-/m0/s1. The first-order valence-corrected chi connectivity index (χ1v) is 11.6. The molecule has 0 bridgehead atoms. The van der Waals surface area contributed by atoms with E-state index in [0.29, 0.717) is 31.7 Å². The van der Waals surface area contributed by atoms with Crippen LogP contribution in [0.2, 0.25) is 0 Å². The molecular weight excluding hydrogens is 425 g/mol. The largest absolute Gasteiger partial charge is 0.368 e. The van der Waals surface area contributed by atoms with E-state index in [4.69, 9.17) is 0 Å². The van der Waals surface area contributed by atoms with Crippen LogP contribution in [0.5, 0.6) is 0 Å². The number of amides is 2. The molecule has 32 heavy (non-hydrogen) atoms. The molecule has 0 aliphatic carbocycles. The number of piperazine rings is 1. The third-order valence-electron chi connectivity index (χ3n) is 6.46. The van der Waals surface area contributed by atoms with Gasteiger partial charge in [-0.05, 0) is 47.3 Å². The van der Waals surface area contributed by atoms with Gasteiger partial charge in [0.2, 0.25) is 5.91 Å². The highest BCUT2D eigenvalue weighted by atomic mass is 32.1. The Morgan fingerprint density at radius 3 is 2.38 bits per heavy atom. The van der Waals surface area contributed by atoms with Crippen LogP contribution in [-0.2, 0) is 4.79 Å². The van der Waals surface area contributed by atoms with Crippen LogP contribution in [0.15, 0.2) is 66.0 Å². The van der Waals surface area contributed by atoms with Crippen LogP contribution >= 0.6 is 11.3 Å². The maximum atomic E-state index is 13.9. The van der Waals surface area contributed by atoms with Crippen molar-refractivity contribution in [3.63, 3.8) is 0 Å². The normalized spacial score (nSPS) is 20.9. The minimum absolute atomic E-state index is 0.0500. The van der Waals surface area contributed by atoms with Crippen molar-refractivity contribution in [1.29, 1.82) is 0 Å². The number of likely N-dealkylation sites (N-methyl/N-ethyl adjacent to an activating group) is 1. The maximum Gasteiger partial charge on any atom is 0.254 e. The first kappa shape index (κ1) is 20.7. The van der Waals surface area contributed by atoms with Gasteiger partial charge in [-0.2, -0.15) is 0 Å². The molecule has 164 valence electrons. The molecule has 0 N–H and O–H groups in total. The van der Waals surface area contributed by atoms with Gasteiger partial charge in [0.05, 0.1) is 12.0 Å². The number of benzene rings is 2. The third-order valence-corrected chi connectivity index (χ3v) is 7.41. The van der Waals surface area contributed by atoms with Crippen LogP contribution in [0.4, 0.5) is 10.1 Å². The van der Waals surface area contributed by atoms with Gasteiger partial charge in [0, 0.05) is 49.4 Å². The second kappa shape index (κ2) is 8.39. The van der Waals surface area contributed by atoms with Gasteiger partial charge in [0.1, 0.15) is 5.82 Å². The monoisotopic (exact) mass is 449 g/mol. The molecule has 3 aromatic rings. The SMILES string of the molecule is CN1C(=O)c2ccccc2[C@H](C(=O)N2CCN(c3ccc(F)cc3)CC2)[C@@H]1c1cccs1. The predicted molar refractivity (Wildman–Crippen MR) is 124 cm³/mol. The van der Waals surface area contributed by atoms with Crippen molar-refractivity contribution >= 4 is 28.8 Å². The summed E-state index contributed by atoms with van der Waals surface area (Å²) in [6.07, 6.45) is 0. The summed E-state index contributed by atoms with van der Waals surface area (Å²) in [5.41, 5.74) is 2.37. The van der Waals surface area contributed by atoms with Crippen LogP contribution in [-0.4, -0.2) is 54.8 Å². The summed E-state index contributed by atoms with van der Waals surface area (Å²) >= 11 is 1.57. The molecule has 7 heteroatoms. The lowest BCUT2D eigenvalue weighted by molar-refractivity contribution is -0.134. The molecular formula is C25H24FN3O2S. The number of carbonyl (C=O) groups excluding carboxylic acids is 2. The van der Waals surface area contributed by atoms with Crippen LogP contribution in [0.25, 0.3) is 0 Å². The molecule has 2 aliphatic rings. The Labute approximate surface area is 190 Å². The van der Waals surface area contributed by atoms with E-state index in [-0.39, 0.29) is 23.7 Å². The Hall–Kier alpha value is -3.19. The summed E-state index contributed by atoms with van der Waals surface area (Å²) < 4.78 is 13.3. The summed E-state index contributed by atoms with van der Waals surface area (Å²) in [5.74, 6) is -0.695. The molecule has 2 amide bonds. The lowest BCUT2D eigenvalue weighted by Crippen LogP contribution is -2.53. The molecule has 2 atom stereocenters. The lowest BCUT2D eigenvalue weighted by Gasteiger charge is -2.43. The van der Waals surface area contributed by atoms with Gasteiger partial charge < -0.3 is 14.7 Å². The fourth-order valence-corrected chi connectivity index (χ4v) is 5.69. The molecule has 0 saturated carbocycles. The van der Waals surface area contributed by atoms with E-state index < -0.39 is 5.92 Å². The Kier molecular flexibility index (Phi) is 5.43. The number of nitrogens with zero attached hydrogens (tertiary/aromatic N) is 3. The van der Waals surface area contributed by atoms with E-state index in [1.54, 1.807) is 35.4 Å². The average Bonchev–Trinajstić information content (AvgIpc) is 3.36. The van der Waals surface area contributed by atoms with Gasteiger partial charge in [-0.25, -0.2) is 4.39 Å². The quantitative estimate of drug-likeness (QED) is 0.604. The molecule has 2 aliphatic heterocycles. The Morgan fingerprint density at radius 1 is 0.969 bits per heavy atom. The summed E-state index contributed by atoms with van der Waals surface area (Å²) in [6, 6.07) is 17.6. The van der Waals surface area contributed by atoms with E-state index in [1.807, 2.05) is 46.7 Å². The highest BCUT2D eigenvalue weighted by molar-refractivity contribution is 7.10. The highest BCUT2D eigenvalue weighted by Gasteiger charge is 2.44. The molecule has 2 aromatic carbocycles. The predicted octanol–water partition coefficient (Wildman–Crippen LogP) is 4.15. The summed E-state index contributed by atoms with van der Waals surface area (Å²) in [7, 11) is 1.79. The number of rotatable bonds is 3. The van der Waals surface area contributed by atoms with E-state index in [9.17, 15) is 14.0 Å². The zero-order chi connectivity index (χ0) is 22.2. The number of fused-ring (bicyclic) bond motifs is 1. The Bertz CT molecular complexity index is 1120. The van der Waals surface area contributed by atoms with Gasteiger partial charge in [0.25, 0.3) is 5.91 Å². The number of halogens is 1. The van der Waals surface area contributed by atoms with Crippen molar-refractivity contribution in [2.45, 2.75) is 12.0 Å². The van der Waals surface area contributed by atoms with Gasteiger partial charge in [-0.3, -0.25) is 9.59 Å². The number of hydrogen-bond acceptors (Lipinski definition) is 4. The minimum Gasteiger partial charge on any atom is -0.368 e. The minimum atomic E-state index is -0.440. The highest BCUT2D eigenvalue weighted by Crippen LogP contribution is 2.44. The smallest absolute Gasteiger partial charge is 0.254 e. The van der Waals surface area contributed by atoms with Crippen LogP contribution in [0, 0.1) is 5.82 Å². The molecule has 1 fully saturated rings. The number of hydrogen-bond donors (Lipinski definition) is 0. The summed E-state index contributed by atoms with van der Waals surface area (Å²) in [4.78, 5) is 33.8. The van der Waals surface area contributed by atoms with Gasteiger partial charge >= 0.3 is 0 Å². The van der Waals surface area contributed by atoms with E-state index in [1.165, 1.54) is 12.1 Å². The van der Waals surface area contributed by atoms with Gasteiger partial charge in [0.15, 0.2) is 0 Å². The summed E-state index contributed by atoms with van der Waals surface area (Å²) in [5, 5.41) is 1.98. The molecule has 0 radical (unpaired) electrons. The fourth-order valence-electron chi connectivity index (χ4n) is 4.79. The van der Waals surface area contributed by atoms with Crippen molar-refractivity contribution in [3.05, 3.63) is 87.9 Å². The van der Waals surface area contributed by atoms with Crippen LogP contribution < -0.4 is 4.90 Å². The van der Waals surface area contributed by atoms with E-state index >= 15 is 0 Å². The molecule has 0 spiro atoms. The van der Waals surface area contributed by atoms with Crippen molar-refractivity contribution in [3.8, 4) is 0 Å². The first-order valence-electron chi connectivity index (χ1n) is 10.7. The van der Waals surface area contributed by atoms with Gasteiger partial charge in [-0.15, -0.1) is 11.3 Å². The zero-order valence-corrected chi connectivity index (χ0v) is 18.6. The molecule has 3 heterocycles. The van der Waals surface area contributed by atoms with E-state index in [0.717, 1.165) is 16.1 Å². The lowest BCUT2D eigenvalue weighted by atomic mass is 9.81. The van der Waals surface area contributed by atoms with Gasteiger partial charge in [-0.1, -0.05) is 24.3 Å². The Balaban J connectivity index is 1.43. The topological polar surface area (TPSA) is 43.9 Å². The van der Waals surface area contributed by atoms with Crippen LogP contribution in [0.3, 0.4) is 0 Å². The molecule has 0 unspecified atom stereocenters. The molecule has 5 nitrogen and oxygen atoms in total. The van der Waals surface area contributed by atoms with Crippen molar-refractivity contribution in [2.75, 3.05) is 38.1 Å².